The number of pyridine rings is 1. The summed E-state index contributed by atoms with van der Waals surface area (Å²) in [5.74, 6) is 0.708. The van der Waals surface area contributed by atoms with E-state index in [2.05, 4.69) is 4.98 Å². The first-order chi connectivity index (χ1) is 11.7. The first-order valence-corrected chi connectivity index (χ1v) is 8.27. The van der Waals surface area contributed by atoms with Crippen molar-refractivity contribution >= 4 is 5.91 Å². The third kappa shape index (κ3) is 2.78. The molecule has 24 heavy (non-hydrogen) atoms. The van der Waals surface area contributed by atoms with Crippen molar-refractivity contribution in [2.24, 2.45) is 7.05 Å². The van der Waals surface area contributed by atoms with E-state index in [0.717, 1.165) is 12.8 Å². The van der Waals surface area contributed by atoms with Gasteiger partial charge in [-0.15, -0.1) is 0 Å². The Morgan fingerprint density at radius 2 is 2.21 bits per heavy atom. The van der Waals surface area contributed by atoms with E-state index < -0.39 is 0 Å². The summed E-state index contributed by atoms with van der Waals surface area (Å²) in [6.07, 6.45) is 5.34. The van der Waals surface area contributed by atoms with Crippen LogP contribution in [0.25, 0.3) is 0 Å². The fourth-order valence-electron chi connectivity index (χ4n) is 3.53. The Balaban J connectivity index is 1.37. The fraction of sp³-hybridized carbons (Fsp3) is 0.444. The molecule has 1 atom stereocenters. The Labute approximate surface area is 141 Å². The quantitative estimate of drug-likeness (QED) is 0.864. The first-order valence-electron chi connectivity index (χ1n) is 8.27. The first kappa shape index (κ1) is 15.2. The summed E-state index contributed by atoms with van der Waals surface area (Å²) < 4.78 is 13.8. The highest BCUT2D eigenvalue weighted by atomic mass is 16.5. The number of carbonyl (C=O) groups is 1. The van der Waals surface area contributed by atoms with E-state index in [1.807, 2.05) is 53.0 Å². The second-order valence-corrected chi connectivity index (χ2v) is 6.60. The van der Waals surface area contributed by atoms with Crippen molar-refractivity contribution in [1.82, 2.24) is 14.5 Å². The monoisotopic (exact) mass is 327 g/mol. The highest BCUT2D eigenvalue weighted by molar-refractivity contribution is 5.93. The molecule has 2 aliphatic heterocycles. The van der Waals surface area contributed by atoms with Crippen molar-refractivity contribution in [3.8, 4) is 5.88 Å². The van der Waals surface area contributed by atoms with Gasteiger partial charge < -0.3 is 18.9 Å². The van der Waals surface area contributed by atoms with Crippen LogP contribution in [0.1, 0.15) is 23.3 Å². The number of nitrogens with zero attached hydrogens (tertiary/aromatic N) is 3. The molecule has 6 heteroatoms. The maximum absolute atomic E-state index is 12.5. The topological polar surface area (TPSA) is 56.6 Å². The summed E-state index contributed by atoms with van der Waals surface area (Å²) in [7, 11) is 1.89. The van der Waals surface area contributed by atoms with Crippen molar-refractivity contribution in [2.45, 2.75) is 24.5 Å². The number of rotatable bonds is 3. The Morgan fingerprint density at radius 3 is 2.92 bits per heavy atom. The molecule has 2 aromatic heterocycles. The molecular formula is C18H21N3O3. The second kappa shape index (κ2) is 5.94. The Bertz CT molecular complexity index is 722. The molecule has 4 heterocycles. The van der Waals surface area contributed by atoms with Crippen LogP contribution in [-0.4, -0.2) is 51.8 Å². The van der Waals surface area contributed by atoms with Gasteiger partial charge in [0, 0.05) is 38.3 Å². The largest absolute Gasteiger partial charge is 0.474 e. The normalized spacial score (nSPS) is 22.2. The van der Waals surface area contributed by atoms with Gasteiger partial charge in [0.2, 0.25) is 5.88 Å². The molecule has 1 spiro atoms. The maximum Gasteiger partial charge on any atom is 0.270 e. The molecular weight excluding hydrogens is 306 g/mol. The van der Waals surface area contributed by atoms with Gasteiger partial charge in [-0.25, -0.2) is 4.98 Å². The van der Waals surface area contributed by atoms with Gasteiger partial charge in [-0.3, -0.25) is 4.79 Å². The van der Waals surface area contributed by atoms with Crippen LogP contribution in [0.2, 0.25) is 0 Å². The van der Waals surface area contributed by atoms with Crippen molar-refractivity contribution in [1.29, 1.82) is 0 Å². The molecule has 126 valence electrons. The minimum Gasteiger partial charge on any atom is -0.474 e. The predicted molar refractivity (Wildman–Crippen MR) is 87.9 cm³/mol. The van der Waals surface area contributed by atoms with Crippen LogP contribution in [0.5, 0.6) is 5.88 Å². The van der Waals surface area contributed by atoms with E-state index in [1.54, 1.807) is 6.20 Å². The van der Waals surface area contributed by atoms with Gasteiger partial charge in [0.05, 0.1) is 19.7 Å². The Kier molecular flexibility index (Phi) is 3.76. The SMILES string of the molecule is Cn1cccc1C(=O)N1CC2(C[C@H](Oc3ccccn3)CCO2)C1. The van der Waals surface area contributed by atoms with E-state index in [4.69, 9.17) is 9.47 Å². The lowest BCUT2D eigenvalue weighted by molar-refractivity contribution is -0.174. The smallest absolute Gasteiger partial charge is 0.270 e. The van der Waals surface area contributed by atoms with E-state index >= 15 is 0 Å². The number of aromatic nitrogens is 2. The van der Waals surface area contributed by atoms with E-state index in [-0.39, 0.29) is 17.6 Å². The van der Waals surface area contributed by atoms with Gasteiger partial charge in [0.15, 0.2) is 0 Å². The molecule has 0 radical (unpaired) electrons. The number of aryl methyl sites for hydroxylation is 1. The van der Waals surface area contributed by atoms with Crippen molar-refractivity contribution in [3.63, 3.8) is 0 Å². The third-order valence-electron chi connectivity index (χ3n) is 4.78. The van der Waals surface area contributed by atoms with Crippen LogP contribution >= 0.6 is 0 Å². The summed E-state index contributed by atoms with van der Waals surface area (Å²) in [6.45, 7) is 1.90. The van der Waals surface area contributed by atoms with Gasteiger partial charge >= 0.3 is 0 Å². The summed E-state index contributed by atoms with van der Waals surface area (Å²) in [5.41, 5.74) is 0.445. The number of ether oxygens (including phenoxy) is 2. The minimum atomic E-state index is -0.265. The van der Waals surface area contributed by atoms with Crippen molar-refractivity contribution < 1.29 is 14.3 Å². The van der Waals surface area contributed by atoms with Crippen LogP contribution in [0.4, 0.5) is 0 Å². The summed E-state index contributed by atoms with van der Waals surface area (Å²) in [6, 6.07) is 9.39. The molecule has 0 unspecified atom stereocenters. The highest BCUT2D eigenvalue weighted by Crippen LogP contribution is 2.36. The molecule has 2 fully saturated rings. The van der Waals surface area contributed by atoms with Gasteiger partial charge in [-0.1, -0.05) is 6.07 Å². The van der Waals surface area contributed by atoms with Crippen molar-refractivity contribution in [2.75, 3.05) is 19.7 Å². The van der Waals surface area contributed by atoms with Crippen LogP contribution in [0, 0.1) is 0 Å². The Hall–Kier alpha value is -2.34. The molecule has 2 aliphatic rings. The van der Waals surface area contributed by atoms with Gasteiger partial charge in [0.25, 0.3) is 5.91 Å². The molecule has 2 saturated heterocycles. The lowest BCUT2D eigenvalue weighted by Gasteiger charge is -2.52. The zero-order valence-electron chi connectivity index (χ0n) is 13.7. The maximum atomic E-state index is 12.5. The zero-order chi connectivity index (χ0) is 16.6. The summed E-state index contributed by atoms with van der Waals surface area (Å²) in [4.78, 5) is 18.6. The molecule has 0 bridgehead atoms. The van der Waals surface area contributed by atoms with Crippen LogP contribution in [0.3, 0.4) is 0 Å². The predicted octanol–water partition coefficient (Wildman–Crippen LogP) is 1.87. The lowest BCUT2D eigenvalue weighted by Crippen LogP contribution is -2.67. The number of carbonyl (C=O) groups excluding carboxylic acids is 1. The number of hydrogen-bond donors (Lipinski definition) is 0. The molecule has 6 nitrogen and oxygen atoms in total. The standard InChI is InChI=1S/C18H21N3O3/c1-20-9-4-5-15(20)17(22)21-12-18(13-21)11-14(7-10-23-18)24-16-6-2-3-8-19-16/h2-6,8-9,14H,7,10-13H2,1H3/t14-/m1/s1. The molecule has 4 rings (SSSR count). The molecule has 0 N–H and O–H groups in total. The minimum absolute atomic E-state index is 0.0597. The number of hydrogen-bond acceptors (Lipinski definition) is 4. The average Bonchev–Trinajstić information content (AvgIpc) is 2.99. The number of likely N-dealkylation sites (tertiary alicyclic amines) is 1. The molecule has 1 amide bonds. The second-order valence-electron chi connectivity index (χ2n) is 6.60. The lowest BCUT2D eigenvalue weighted by atomic mass is 9.84. The summed E-state index contributed by atoms with van der Waals surface area (Å²) >= 11 is 0. The van der Waals surface area contributed by atoms with Crippen LogP contribution < -0.4 is 4.74 Å². The molecule has 0 saturated carbocycles. The highest BCUT2D eigenvalue weighted by Gasteiger charge is 2.50. The molecule has 0 aliphatic carbocycles. The van der Waals surface area contributed by atoms with Gasteiger partial charge in [-0.05, 0) is 18.2 Å². The van der Waals surface area contributed by atoms with Crippen molar-refractivity contribution in [3.05, 3.63) is 48.4 Å². The van der Waals surface area contributed by atoms with E-state index in [0.29, 0.717) is 31.3 Å². The Morgan fingerprint density at radius 1 is 1.33 bits per heavy atom. The van der Waals surface area contributed by atoms with E-state index in [9.17, 15) is 4.79 Å². The summed E-state index contributed by atoms with van der Waals surface area (Å²) in [5, 5.41) is 0. The van der Waals surface area contributed by atoms with Crippen LogP contribution in [0.15, 0.2) is 42.7 Å². The van der Waals surface area contributed by atoms with Gasteiger partial charge in [-0.2, -0.15) is 0 Å². The van der Waals surface area contributed by atoms with Gasteiger partial charge in [0.1, 0.15) is 17.4 Å². The number of amides is 1. The zero-order valence-corrected chi connectivity index (χ0v) is 13.7. The molecule has 0 aromatic carbocycles. The van der Waals surface area contributed by atoms with Crippen LogP contribution in [-0.2, 0) is 11.8 Å². The third-order valence-corrected chi connectivity index (χ3v) is 4.78. The van der Waals surface area contributed by atoms with E-state index in [1.165, 1.54) is 0 Å². The average molecular weight is 327 g/mol. The molecule has 2 aromatic rings. The fourth-order valence-corrected chi connectivity index (χ4v) is 3.53.